The Kier molecular flexibility index (Phi) is 4.40. The summed E-state index contributed by atoms with van der Waals surface area (Å²) < 4.78 is 26.8. The minimum atomic E-state index is -3.93. The quantitative estimate of drug-likeness (QED) is 0.878. The fourth-order valence-corrected chi connectivity index (χ4v) is 4.25. The maximum absolute atomic E-state index is 12.3. The van der Waals surface area contributed by atoms with Crippen molar-refractivity contribution in [2.75, 3.05) is 0 Å². The predicted molar refractivity (Wildman–Crippen MR) is 79.0 cm³/mol. The molecule has 112 valence electrons. The molecular formula is C13H14N2O4S2. The van der Waals surface area contributed by atoms with Gasteiger partial charge in [0.25, 0.3) is 10.0 Å². The zero-order chi connectivity index (χ0) is 15.6. The lowest BCUT2D eigenvalue weighted by molar-refractivity contribution is 0.0687. The summed E-state index contributed by atoms with van der Waals surface area (Å²) in [5.74, 6) is -1.36. The predicted octanol–water partition coefficient (Wildman–Crippen LogP) is 2.19. The highest BCUT2D eigenvalue weighted by Crippen LogP contribution is 2.23. The summed E-state index contributed by atoms with van der Waals surface area (Å²) in [4.78, 5) is 14.6. The second-order valence-corrected chi connectivity index (χ2v) is 7.31. The van der Waals surface area contributed by atoms with Crippen molar-refractivity contribution in [1.82, 2.24) is 9.71 Å². The second kappa shape index (κ2) is 5.92. The Morgan fingerprint density at radius 2 is 2.14 bits per heavy atom. The molecule has 1 heterocycles. The molecule has 0 fully saturated rings. The van der Waals surface area contributed by atoms with E-state index in [-0.39, 0.29) is 4.21 Å². The van der Waals surface area contributed by atoms with E-state index in [1.165, 1.54) is 5.51 Å². The van der Waals surface area contributed by atoms with E-state index in [1.807, 2.05) is 31.2 Å². The van der Waals surface area contributed by atoms with E-state index in [1.54, 1.807) is 6.92 Å². The van der Waals surface area contributed by atoms with E-state index in [9.17, 15) is 13.2 Å². The molecule has 1 aromatic heterocycles. The number of nitrogens with one attached hydrogen (secondary N) is 1. The average molecular weight is 326 g/mol. The second-order valence-electron chi connectivity index (χ2n) is 4.55. The maximum Gasteiger partial charge on any atom is 0.356 e. The molecule has 2 aromatic rings. The molecule has 0 radical (unpaired) electrons. The maximum atomic E-state index is 12.3. The number of rotatable bonds is 5. The van der Waals surface area contributed by atoms with Gasteiger partial charge in [-0.2, -0.15) is 0 Å². The number of thiazole rings is 1. The van der Waals surface area contributed by atoms with Crippen molar-refractivity contribution in [2.45, 2.75) is 24.1 Å². The highest BCUT2D eigenvalue weighted by atomic mass is 32.2. The molecule has 0 saturated heterocycles. The fourth-order valence-electron chi connectivity index (χ4n) is 1.86. The molecule has 21 heavy (non-hydrogen) atoms. The van der Waals surface area contributed by atoms with E-state index in [0.29, 0.717) is 0 Å². The van der Waals surface area contributed by atoms with E-state index in [0.717, 1.165) is 22.5 Å². The van der Waals surface area contributed by atoms with Gasteiger partial charge in [0.05, 0.1) is 5.51 Å². The van der Waals surface area contributed by atoms with Gasteiger partial charge in [-0.3, -0.25) is 0 Å². The molecule has 0 aliphatic rings. The van der Waals surface area contributed by atoms with Gasteiger partial charge < -0.3 is 5.11 Å². The number of aromatic nitrogens is 1. The Morgan fingerprint density at radius 1 is 1.43 bits per heavy atom. The van der Waals surface area contributed by atoms with Crippen LogP contribution in [0.4, 0.5) is 0 Å². The summed E-state index contributed by atoms with van der Waals surface area (Å²) in [6.45, 7) is 3.62. The normalized spacial score (nSPS) is 13.0. The van der Waals surface area contributed by atoms with Gasteiger partial charge in [-0.1, -0.05) is 29.8 Å². The third-order valence-electron chi connectivity index (χ3n) is 2.86. The van der Waals surface area contributed by atoms with Crippen molar-refractivity contribution in [3.05, 3.63) is 46.6 Å². The molecule has 2 rings (SSSR count). The lowest BCUT2D eigenvalue weighted by Gasteiger charge is -2.14. The highest BCUT2D eigenvalue weighted by Gasteiger charge is 2.27. The SMILES string of the molecule is Cc1cccc([C@@H](C)NS(=O)(=O)c2scnc2C(=O)O)c1. The lowest BCUT2D eigenvalue weighted by atomic mass is 10.1. The number of carboxylic acid groups (broad SMARTS) is 1. The molecule has 0 aliphatic heterocycles. The summed E-state index contributed by atoms with van der Waals surface area (Å²) >= 11 is 0.783. The molecule has 0 bridgehead atoms. The molecule has 0 aliphatic carbocycles. The topological polar surface area (TPSA) is 96.4 Å². The molecule has 0 spiro atoms. The van der Waals surface area contributed by atoms with Crippen LogP contribution in [0.25, 0.3) is 0 Å². The number of hydrogen-bond acceptors (Lipinski definition) is 5. The monoisotopic (exact) mass is 326 g/mol. The Bertz CT molecular complexity index is 768. The van der Waals surface area contributed by atoms with Crippen molar-refractivity contribution < 1.29 is 18.3 Å². The van der Waals surface area contributed by atoms with E-state index < -0.39 is 27.7 Å². The summed E-state index contributed by atoms with van der Waals surface area (Å²) in [6.07, 6.45) is 0. The van der Waals surface area contributed by atoms with Gasteiger partial charge in [0.15, 0.2) is 9.90 Å². The Balaban J connectivity index is 2.29. The molecule has 0 saturated carbocycles. The van der Waals surface area contributed by atoms with Gasteiger partial charge in [-0.15, -0.1) is 11.3 Å². The van der Waals surface area contributed by atoms with Gasteiger partial charge in [0.1, 0.15) is 0 Å². The smallest absolute Gasteiger partial charge is 0.356 e. The van der Waals surface area contributed by atoms with Crippen LogP contribution in [-0.2, 0) is 10.0 Å². The zero-order valence-corrected chi connectivity index (χ0v) is 13.0. The van der Waals surface area contributed by atoms with Crippen molar-refractivity contribution in [3.8, 4) is 0 Å². The van der Waals surface area contributed by atoms with Crippen molar-refractivity contribution in [1.29, 1.82) is 0 Å². The van der Waals surface area contributed by atoms with Crippen LogP contribution in [0.2, 0.25) is 0 Å². The molecule has 1 atom stereocenters. The Morgan fingerprint density at radius 3 is 2.76 bits per heavy atom. The zero-order valence-electron chi connectivity index (χ0n) is 11.4. The number of sulfonamides is 1. The standard InChI is InChI=1S/C13H14N2O4S2/c1-8-4-3-5-10(6-8)9(2)15-21(18,19)13-11(12(16)17)14-7-20-13/h3-7,9,15H,1-2H3,(H,16,17)/t9-/m1/s1. The van der Waals surface area contributed by atoms with E-state index in [2.05, 4.69) is 9.71 Å². The van der Waals surface area contributed by atoms with Crippen molar-refractivity contribution in [3.63, 3.8) is 0 Å². The molecular weight excluding hydrogens is 312 g/mol. The molecule has 6 nitrogen and oxygen atoms in total. The van der Waals surface area contributed by atoms with Gasteiger partial charge in [0.2, 0.25) is 0 Å². The summed E-state index contributed by atoms with van der Waals surface area (Å²) in [5, 5.41) is 8.96. The lowest BCUT2D eigenvalue weighted by Crippen LogP contribution is -2.27. The number of aromatic carboxylic acids is 1. The Labute approximate surface area is 126 Å². The van der Waals surface area contributed by atoms with Crippen molar-refractivity contribution in [2.24, 2.45) is 0 Å². The number of carboxylic acids is 1. The van der Waals surface area contributed by atoms with Crippen LogP contribution in [0.15, 0.2) is 34.0 Å². The molecule has 8 heteroatoms. The summed E-state index contributed by atoms with van der Waals surface area (Å²) in [5.41, 5.74) is 2.57. The first kappa shape index (κ1) is 15.6. The van der Waals surface area contributed by atoms with Crippen LogP contribution in [0, 0.1) is 6.92 Å². The van der Waals surface area contributed by atoms with Crippen LogP contribution in [-0.4, -0.2) is 24.5 Å². The number of hydrogen-bond donors (Lipinski definition) is 2. The third-order valence-corrected chi connectivity index (χ3v) is 5.77. The average Bonchev–Trinajstić information content (AvgIpc) is 2.88. The molecule has 0 unspecified atom stereocenters. The van der Waals surface area contributed by atoms with E-state index in [4.69, 9.17) is 5.11 Å². The van der Waals surface area contributed by atoms with Crippen LogP contribution in [0.1, 0.15) is 34.6 Å². The first-order chi connectivity index (χ1) is 9.81. The van der Waals surface area contributed by atoms with E-state index >= 15 is 0 Å². The van der Waals surface area contributed by atoms with Gasteiger partial charge in [-0.05, 0) is 19.4 Å². The van der Waals surface area contributed by atoms with Crippen LogP contribution in [0.5, 0.6) is 0 Å². The number of aryl methyl sites for hydroxylation is 1. The largest absolute Gasteiger partial charge is 0.476 e. The number of benzene rings is 1. The Hall–Kier alpha value is -1.77. The van der Waals surface area contributed by atoms with Crippen LogP contribution in [0.3, 0.4) is 0 Å². The first-order valence-corrected chi connectivity index (χ1v) is 8.43. The first-order valence-electron chi connectivity index (χ1n) is 6.07. The van der Waals surface area contributed by atoms with Crippen LogP contribution < -0.4 is 4.72 Å². The van der Waals surface area contributed by atoms with Gasteiger partial charge in [0, 0.05) is 6.04 Å². The van der Waals surface area contributed by atoms with Crippen LogP contribution >= 0.6 is 11.3 Å². The number of carbonyl (C=O) groups is 1. The molecule has 0 amide bonds. The fraction of sp³-hybridized carbons (Fsp3) is 0.231. The summed E-state index contributed by atoms with van der Waals surface area (Å²) in [7, 11) is -3.93. The van der Waals surface area contributed by atoms with Gasteiger partial charge >= 0.3 is 5.97 Å². The third kappa shape index (κ3) is 3.46. The highest BCUT2D eigenvalue weighted by molar-refractivity contribution is 7.91. The minimum absolute atomic E-state index is 0.283. The van der Waals surface area contributed by atoms with Gasteiger partial charge in [-0.25, -0.2) is 22.9 Å². The number of nitrogens with zero attached hydrogens (tertiary/aromatic N) is 1. The molecule has 2 N–H and O–H groups in total. The minimum Gasteiger partial charge on any atom is -0.476 e. The van der Waals surface area contributed by atoms with Crippen molar-refractivity contribution >= 4 is 27.3 Å². The summed E-state index contributed by atoms with van der Waals surface area (Å²) in [6, 6.07) is 6.96. The molecule has 1 aromatic carbocycles.